The number of fused-ring (bicyclic) bond motifs is 1. The second-order valence-electron chi connectivity index (χ2n) is 6.83. The second kappa shape index (κ2) is 7.36. The first kappa shape index (κ1) is 17.9. The molecule has 146 valence electrons. The van der Waals surface area contributed by atoms with Gasteiger partial charge in [0.25, 0.3) is 5.56 Å². The van der Waals surface area contributed by atoms with Gasteiger partial charge in [-0.2, -0.15) is 4.68 Å². The Morgan fingerprint density at radius 2 is 1.50 bits per heavy atom. The highest BCUT2D eigenvalue weighted by Gasteiger charge is 2.21. The minimum atomic E-state index is -0.405. The van der Waals surface area contributed by atoms with E-state index in [-0.39, 0.29) is 22.8 Å². The molecular weight excluding hydrogens is 381 g/mol. The number of benzene rings is 3. The zero-order valence-corrected chi connectivity index (χ0v) is 15.8. The van der Waals surface area contributed by atoms with Gasteiger partial charge in [0.2, 0.25) is 0 Å². The smallest absolute Gasteiger partial charge is 0.284 e. The lowest BCUT2D eigenvalue weighted by Crippen LogP contribution is -2.27. The molecule has 0 spiro atoms. The van der Waals surface area contributed by atoms with Gasteiger partial charge in [0.15, 0.2) is 11.2 Å². The fourth-order valence-electron chi connectivity index (χ4n) is 3.57. The SMILES string of the molecule is O=c1c2nnn(-c3cccc(F)c3)c2ncn1C(c1ccccc1)c1ccccc1. The van der Waals surface area contributed by atoms with Crippen molar-refractivity contribution < 1.29 is 4.39 Å². The normalized spacial score (nSPS) is 11.3. The maximum atomic E-state index is 13.6. The molecule has 2 aromatic heterocycles. The summed E-state index contributed by atoms with van der Waals surface area (Å²) in [5, 5.41) is 8.09. The van der Waals surface area contributed by atoms with Crippen molar-refractivity contribution in [1.29, 1.82) is 0 Å². The van der Waals surface area contributed by atoms with E-state index in [1.165, 1.54) is 23.1 Å². The zero-order chi connectivity index (χ0) is 20.5. The lowest BCUT2D eigenvalue weighted by molar-refractivity contribution is 0.625. The van der Waals surface area contributed by atoms with Crippen LogP contribution < -0.4 is 5.56 Å². The predicted molar refractivity (Wildman–Crippen MR) is 111 cm³/mol. The summed E-state index contributed by atoms with van der Waals surface area (Å²) in [6.45, 7) is 0. The van der Waals surface area contributed by atoms with Gasteiger partial charge in [-0.15, -0.1) is 5.10 Å². The molecule has 0 aliphatic rings. The minimum Gasteiger partial charge on any atom is -0.285 e. The fraction of sp³-hybridized carbons (Fsp3) is 0.0435. The van der Waals surface area contributed by atoms with E-state index in [4.69, 9.17) is 0 Å². The molecule has 0 bridgehead atoms. The standard InChI is InChI=1S/C23H16FN5O/c24-18-12-7-13-19(14-18)29-22-20(26-27-29)23(30)28(15-25-22)21(16-8-3-1-4-9-16)17-10-5-2-6-11-17/h1-15,21H. The van der Waals surface area contributed by atoms with Crippen molar-refractivity contribution in [3.05, 3.63) is 119 Å². The van der Waals surface area contributed by atoms with E-state index in [0.29, 0.717) is 5.69 Å². The molecule has 0 atom stereocenters. The third-order valence-corrected chi connectivity index (χ3v) is 4.95. The molecule has 0 saturated carbocycles. The summed E-state index contributed by atoms with van der Waals surface area (Å²) in [5.41, 5.74) is 2.43. The molecule has 0 N–H and O–H groups in total. The average molecular weight is 397 g/mol. The summed E-state index contributed by atoms with van der Waals surface area (Å²) in [4.78, 5) is 17.8. The van der Waals surface area contributed by atoms with Crippen molar-refractivity contribution in [3.63, 3.8) is 0 Å². The fourth-order valence-corrected chi connectivity index (χ4v) is 3.57. The number of halogens is 1. The van der Waals surface area contributed by atoms with Crippen LogP contribution in [0, 0.1) is 5.82 Å². The van der Waals surface area contributed by atoms with E-state index in [2.05, 4.69) is 15.3 Å². The maximum absolute atomic E-state index is 13.6. The van der Waals surface area contributed by atoms with Crippen molar-refractivity contribution >= 4 is 11.2 Å². The zero-order valence-electron chi connectivity index (χ0n) is 15.8. The molecule has 30 heavy (non-hydrogen) atoms. The summed E-state index contributed by atoms with van der Waals surface area (Å²) < 4.78 is 16.6. The molecule has 6 nitrogen and oxygen atoms in total. The molecule has 2 heterocycles. The highest BCUT2D eigenvalue weighted by atomic mass is 19.1. The Balaban J connectivity index is 1.70. The van der Waals surface area contributed by atoms with Gasteiger partial charge in [0.05, 0.1) is 11.7 Å². The van der Waals surface area contributed by atoms with E-state index < -0.39 is 5.82 Å². The Hall–Kier alpha value is -4.13. The van der Waals surface area contributed by atoms with Gasteiger partial charge in [-0.3, -0.25) is 9.36 Å². The topological polar surface area (TPSA) is 65.6 Å². The molecule has 0 fully saturated rings. The summed E-state index contributed by atoms with van der Waals surface area (Å²) in [7, 11) is 0. The summed E-state index contributed by atoms with van der Waals surface area (Å²) in [6, 6.07) is 25.0. The van der Waals surface area contributed by atoms with E-state index in [9.17, 15) is 9.18 Å². The number of aromatic nitrogens is 5. The van der Waals surface area contributed by atoms with Crippen molar-refractivity contribution in [1.82, 2.24) is 24.5 Å². The van der Waals surface area contributed by atoms with Crippen LogP contribution >= 0.6 is 0 Å². The highest BCUT2D eigenvalue weighted by Crippen LogP contribution is 2.25. The van der Waals surface area contributed by atoms with Gasteiger partial charge >= 0.3 is 0 Å². The van der Waals surface area contributed by atoms with Gasteiger partial charge in [-0.25, -0.2) is 9.37 Å². The van der Waals surface area contributed by atoms with Gasteiger partial charge in [-0.05, 0) is 29.3 Å². The van der Waals surface area contributed by atoms with Crippen LogP contribution in [0.1, 0.15) is 17.2 Å². The van der Waals surface area contributed by atoms with Gasteiger partial charge in [0.1, 0.15) is 12.1 Å². The maximum Gasteiger partial charge on any atom is 0.284 e. The molecular formula is C23H16FN5O. The van der Waals surface area contributed by atoms with E-state index in [1.54, 1.807) is 16.7 Å². The number of hydrogen-bond donors (Lipinski definition) is 0. The quantitative estimate of drug-likeness (QED) is 0.463. The molecule has 0 aliphatic carbocycles. The van der Waals surface area contributed by atoms with Crippen molar-refractivity contribution in [2.45, 2.75) is 6.04 Å². The third kappa shape index (κ3) is 3.06. The Morgan fingerprint density at radius 1 is 0.833 bits per heavy atom. The Kier molecular flexibility index (Phi) is 4.40. The monoisotopic (exact) mass is 397 g/mol. The molecule has 0 saturated heterocycles. The predicted octanol–water partition coefficient (Wildman–Crippen LogP) is 3.75. The lowest BCUT2D eigenvalue weighted by Gasteiger charge is -2.20. The Morgan fingerprint density at radius 3 is 2.13 bits per heavy atom. The van der Waals surface area contributed by atoms with E-state index >= 15 is 0 Å². The average Bonchev–Trinajstić information content (AvgIpc) is 3.22. The third-order valence-electron chi connectivity index (χ3n) is 4.95. The van der Waals surface area contributed by atoms with Gasteiger partial charge in [-0.1, -0.05) is 71.9 Å². The highest BCUT2D eigenvalue weighted by molar-refractivity contribution is 5.70. The molecule has 0 amide bonds. The molecule has 0 unspecified atom stereocenters. The molecule has 7 heteroatoms. The van der Waals surface area contributed by atoms with Crippen LogP contribution in [0.4, 0.5) is 4.39 Å². The van der Waals surface area contributed by atoms with Crippen LogP contribution in [-0.4, -0.2) is 24.5 Å². The van der Waals surface area contributed by atoms with Gasteiger partial charge < -0.3 is 0 Å². The second-order valence-corrected chi connectivity index (χ2v) is 6.83. The summed E-state index contributed by atoms with van der Waals surface area (Å²) >= 11 is 0. The lowest BCUT2D eigenvalue weighted by atomic mass is 9.98. The van der Waals surface area contributed by atoms with Crippen LogP contribution in [0.3, 0.4) is 0 Å². The van der Waals surface area contributed by atoms with Crippen molar-refractivity contribution in [2.75, 3.05) is 0 Å². The Labute approximate surface area is 170 Å². The van der Waals surface area contributed by atoms with Gasteiger partial charge in [0, 0.05) is 0 Å². The Bertz CT molecular complexity index is 1340. The van der Waals surface area contributed by atoms with Crippen LogP contribution in [0.25, 0.3) is 16.9 Å². The molecule has 5 aromatic rings. The van der Waals surface area contributed by atoms with E-state index in [0.717, 1.165) is 11.1 Å². The first-order chi connectivity index (χ1) is 14.7. The summed E-state index contributed by atoms with van der Waals surface area (Å²) in [6.07, 6.45) is 1.49. The molecule has 5 rings (SSSR count). The largest absolute Gasteiger partial charge is 0.285 e. The van der Waals surface area contributed by atoms with Crippen LogP contribution in [0.2, 0.25) is 0 Å². The van der Waals surface area contributed by atoms with Crippen LogP contribution in [0.15, 0.2) is 96.1 Å². The molecule has 3 aromatic carbocycles. The minimum absolute atomic E-state index is 0.124. The number of rotatable bonds is 4. The van der Waals surface area contributed by atoms with E-state index in [1.807, 2.05) is 60.7 Å². The van der Waals surface area contributed by atoms with Crippen molar-refractivity contribution in [2.24, 2.45) is 0 Å². The molecule has 0 radical (unpaired) electrons. The summed E-state index contributed by atoms with van der Waals surface area (Å²) in [5.74, 6) is -0.405. The number of nitrogens with zero attached hydrogens (tertiary/aromatic N) is 5. The molecule has 0 aliphatic heterocycles. The first-order valence-corrected chi connectivity index (χ1v) is 9.41. The van der Waals surface area contributed by atoms with Crippen molar-refractivity contribution in [3.8, 4) is 5.69 Å². The van der Waals surface area contributed by atoms with Crippen LogP contribution in [0.5, 0.6) is 0 Å². The van der Waals surface area contributed by atoms with Crippen LogP contribution in [-0.2, 0) is 0 Å². The number of hydrogen-bond acceptors (Lipinski definition) is 4. The first-order valence-electron chi connectivity index (χ1n) is 9.41.